The van der Waals surface area contributed by atoms with Crippen LogP contribution in [0, 0.1) is 0 Å². The number of hydrogen-bond acceptors (Lipinski definition) is 2. The molecular formula is C7H10N2O. The lowest BCUT2D eigenvalue weighted by molar-refractivity contribution is -0.117. The second-order valence-electron chi connectivity index (χ2n) is 2.78. The van der Waals surface area contributed by atoms with Gasteiger partial charge in [-0.25, -0.2) is 0 Å². The molecule has 1 atom stereocenters. The van der Waals surface area contributed by atoms with E-state index < -0.39 is 0 Å². The topological polar surface area (TPSA) is 41.1 Å². The van der Waals surface area contributed by atoms with Crippen LogP contribution in [0.1, 0.15) is 13.3 Å². The fraction of sp³-hybridized carbons (Fsp3) is 0.571. The number of hydrogen-bond donors (Lipinski definition) is 2. The molecule has 54 valence electrons. The van der Waals surface area contributed by atoms with Gasteiger partial charge in [-0.1, -0.05) is 0 Å². The van der Waals surface area contributed by atoms with E-state index in [2.05, 4.69) is 10.6 Å². The fourth-order valence-electron chi connectivity index (χ4n) is 1.55. The van der Waals surface area contributed by atoms with Gasteiger partial charge in [0.1, 0.15) is 0 Å². The molecule has 1 amide bonds. The van der Waals surface area contributed by atoms with Crippen LogP contribution < -0.4 is 10.6 Å². The van der Waals surface area contributed by atoms with Crippen molar-refractivity contribution in [1.82, 2.24) is 10.6 Å². The second kappa shape index (κ2) is 1.75. The van der Waals surface area contributed by atoms with Gasteiger partial charge in [-0.15, -0.1) is 0 Å². The third-order valence-electron chi connectivity index (χ3n) is 2.15. The SMILES string of the molecule is CC1=C2NCC[C@@H]2NC1=O. The van der Waals surface area contributed by atoms with Gasteiger partial charge in [0, 0.05) is 17.8 Å². The molecule has 3 nitrogen and oxygen atoms in total. The first kappa shape index (κ1) is 5.77. The van der Waals surface area contributed by atoms with Crippen molar-refractivity contribution in [2.75, 3.05) is 6.54 Å². The number of fused-ring (bicyclic) bond motifs is 1. The monoisotopic (exact) mass is 138 g/mol. The number of carbonyl (C=O) groups excluding carboxylic acids is 1. The summed E-state index contributed by atoms with van der Waals surface area (Å²) in [4.78, 5) is 11.0. The van der Waals surface area contributed by atoms with E-state index in [1.807, 2.05) is 6.92 Å². The van der Waals surface area contributed by atoms with E-state index in [4.69, 9.17) is 0 Å². The molecule has 0 spiro atoms. The molecule has 0 aromatic heterocycles. The second-order valence-corrected chi connectivity index (χ2v) is 2.78. The number of nitrogens with one attached hydrogen (secondary N) is 2. The number of carbonyl (C=O) groups is 1. The van der Waals surface area contributed by atoms with Gasteiger partial charge >= 0.3 is 0 Å². The first-order valence-electron chi connectivity index (χ1n) is 3.54. The highest BCUT2D eigenvalue weighted by Gasteiger charge is 2.31. The zero-order valence-corrected chi connectivity index (χ0v) is 5.90. The van der Waals surface area contributed by atoms with Crippen molar-refractivity contribution in [1.29, 1.82) is 0 Å². The van der Waals surface area contributed by atoms with Crippen LogP contribution in [0.25, 0.3) is 0 Å². The lowest BCUT2D eigenvalue weighted by Gasteiger charge is -2.00. The van der Waals surface area contributed by atoms with Crippen molar-refractivity contribution in [2.45, 2.75) is 19.4 Å². The van der Waals surface area contributed by atoms with Crippen LogP contribution in [0.15, 0.2) is 11.3 Å². The molecule has 2 heterocycles. The predicted octanol–water partition coefficient (Wildman–Crippen LogP) is -0.248. The number of rotatable bonds is 0. The molecule has 1 fully saturated rings. The highest BCUT2D eigenvalue weighted by Crippen LogP contribution is 2.20. The Morgan fingerprint density at radius 3 is 3.10 bits per heavy atom. The van der Waals surface area contributed by atoms with Gasteiger partial charge in [0.25, 0.3) is 0 Å². The summed E-state index contributed by atoms with van der Waals surface area (Å²) in [5.74, 6) is 0.0900. The third-order valence-corrected chi connectivity index (χ3v) is 2.15. The van der Waals surface area contributed by atoms with Crippen LogP contribution in [-0.2, 0) is 4.79 Å². The molecule has 0 aliphatic carbocycles. The van der Waals surface area contributed by atoms with Crippen molar-refractivity contribution in [2.24, 2.45) is 0 Å². The maximum atomic E-state index is 11.0. The summed E-state index contributed by atoms with van der Waals surface area (Å²) in [7, 11) is 0. The summed E-state index contributed by atoms with van der Waals surface area (Å²) >= 11 is 0. The molecule has 0 aromatic carbocycles. The predicted molar refractivity (Wildman–Crippen MR) is 37.3 cm³/mol. The van der Waals surface area contributed by atoms with Crippen molar-refractivity contribution >= 4 is 5.91 Å². The van der Waals surface area contributed by atoms with Crippen LogP contribution in [0.2, 0.25) is 0 Å². The first-order valence-corrected chi connectivity index (χ1v) is 3.54. The summed E-state index contributed by atoms with van der Waals surface area (Å²) in [5.41, 5.74) is 1.98. The van der Waals surface area contributed by atoms with Crippen molar-refractivity contribution in [3.05, 3.63) is 11.3 Å². The summed E-state index contributed by atoms with van der Waals surface area (Å²) in [6.07, 6.45) is 1.04. The van der Waals surface area contributed by atoms with E-state index in [9.17, 15) is 4.79 Å². The van der Waals surface area contributed by atoms with Crippen molar-refractivity contribution in [3.8, 4) is 0 Å². The largest absolute Gasteiger partial charge is 0.386 e. The van der Waals surface area contributed by atoms with E-state index in [0.717, 1.165) is 24.2 Å². The summed E-state index contributed by atoms with van der Waals surface area (Å²) < 4.78 is 0. The Bertz CT molecular complexity index is 220. The van der Waals surface area contributed by atoms with Gasteiger partial charge in [-0.05, 0) is 13.3 Å². The van der Waals surface area contributed by atoms with Crippen LogP contribution >= 0.6 is 0 Å². The van der Waals surface area contributed by atoms with E-state index in [-0.39, 0.29) is 5.91 Å². The van der Waals surface area contributed by atoms with Crippen LogP contribution in [0.3, 0.4) is 0 Å². The minimum absolute atomic E-state index is 0.0900. The molecule has 0 bridgehead atoms. The minimum Gasteiger partial charge on any atom is -0.386 e. The van der Waals surface area contributed by atoms with Gasteiger partial charge in [-0.2, -0.15) is 0 Å². The molecule has 0 radical (unpaired) electrons. The Morgan fingerprint density at radius 2 is 2.40 bits per heavy atom. The van der Waals surface area contributed by atoms with E-state index in [1.165, 1.54) is 0 Å². The molecule has 2 N–H and O–H groups in total. The Balaban J connectivity index is 2.37. The normalized spacial score (nSPS) is 30.1. The molecular weight excluding hydrogens is 128 g/mol. The quantitative estimate of drug-likeness (QED) is 0.484. The third kappa shape index (κ3) is 0.574. The standard InChI is InChI=1S/C7H10N2O/c1-4-6-5(2-3-8-6)9-7(4)10/h5,8H,2-3H2,1H3,(H,9,10)/t5-/m0/s1. The molecule has 2 aliphatic rings. The molecule has 0 aromatic rings. The molecule has 0 unspecified atom stereocenters. The molecule has 10 heavy (non-hydrogen) atoms. The Labute approximate surface area is 59.5 Å². The van der Waals surface area contributed by atoms with Crippen molar-refractivity contribution < 1.29 is 4.79 Å². The summed E-state index contributed by atoms with van der Waals surface area (Å²) in [5, 5.41) is 6.09. The zero-order valence-electron chi connectivity index (χ0n) is 5.90. The van der Waals surface area contributed by atoms with E-state index >= 15 is 0 Å². The lowest BCUT2D eigenvalue weighted by atomic mass is 10.2. The Kier molecular flexibility index (Phi) is 1.01. The maximum Gasteiger partial charge on any atom is 0.249 e. The first-order chi connectivity index (χ1) is 4.79. The van der Waals surface area contributed by atoms with Crippen LogP contribution in [-0.4, -0.2) is 18.5 Å². The molecule has 0 saturated carbocycles. The molecule has 1 saturated heterocycles. The van der Waals surface area contributed by atoms with Gasteiger partial charge < -0.3 is 10.6 Å². The smallest absolute Gasteiger partial charge is 0.249 e. The highest BCUT2D eigenvalue weighted by atomic mass is 16.2. The Morgan fingerprint density at radius 1 is 1.60 bits per heavy atom. The maximum absolute atomic E-state index is 11.0. The van der Waals surface area contributed by atoms with Gasteiger partial charge in [0.15, 0.2) is 0 Å². The van der Waals surface area contributed by atoms with Crippen LogP contribution in [0.4, 0.5) is 0 Å². The summed E-state index contributed by atoms with van der Waals surface area (Å²) in [6.45, 7) is 2.86. The van der Waals surface area contributed by atoms with Gasteiger partial charge in [-0.3, -0.25) is 4.79 Å². The Hall–Kier alpha value is -0.990. The van der Waals surface area contributed by atoms with Crippen LogP contribution in [0.5, 0.6) is 0 Å². The number of amides is 1. The minimum atomic E-state index is 0.0900. The fourth-order valence-corrected chi connectivity index (χ4v) is 1.55. The molecule has 2 aliphatic heterocycles. The van der Waals surface area contributed by atoms with Crippen molar-refractivity contribution in [3.63, 3.8) is 0 Å². The average molecular weight is 138 g/mol. The van der Waals surface area contributed by atoms with E-state index in [0.29, 0.717) is 6.04 Å². The lowest BCUT2D eigenvalue weighted by Crippen LogP contribution is -2.26. The highest BCUT2D eigenvalue weighted by molar-refractivity contribution is 5.97. The molecule has 3 heteroatoms. The van der Waals surface area contributed by atoms with Gasteiger partial charge in [0.2, 0.25) is 5.91 Å². The molecule has 2 rings (SSSR count). The summed E-state index contributed by atoms with van der Waals surface area (Å²) in [6, 6.07) is 0.299. The van der Waals surface area contributed by atoms with E-state index in [1.54, 1.807) is 0 Å². The zero-order chi connectivity index (χ0) is 7.14. The van der Waals surface area contributed by atoms with Gasteiger partial charge in [0.05, 0.1) is 6.04 Å². The average Bonchev–Trinajstić information content (AvgIpc) is 2.41.